The maximum Gasteiger partial charge on any atom is 0.311 e. The van der Waals surface area contributed by atoms with Crippen LogP contribution in [0.25, 0.3) is 0 Å². The van der Waals surface area contributed by atoms with Crippen molar-refractivity contribution in [3.8, 4) is 5.95 Å². The molecule has 0 aliphatic rings. The largest absolute Gasteiger partial charge is 0.467 e. The summed E-state index contributed by atoms with van der Waals surface area (Å²) < 4.78 is 10.2. The van der Waals surface area contributed by atoms with Gasteiger partial charge in [0.05, 0.1) is 13.2 Å². The predicted octanol–water partition coefficient (Wildman–Crippen LogP) is 4.34. The van der Waals surface area contributed by atoms with Crippen LogP contribution in [0.2, 0.25) is 5.02 Å². The quantitative estimate of drug-likeness (QED) is 0.684. The zero-order valence-electron chi connectivity index (χ0n) is 14.1. The van der Waals surface area contributed by atoms with Gasteiger partial charge in [-0.3, -0.25) is 0 Å². The van der Waals surface area contributed by atoms with E-state index in [4.69, 9.17) is 26.0 Å². The number of nitrogens with zero attached hydrogens (tertiary/aromatic N) is 1. The molecule has 5 nitrogen and oxygen atoms in total. The molecule has 2 N–H and O–H groups in total. The van der Waals surface area contributed by atoms with Crippen LogP contribution in [0.15, 0.2) is 65.2 Å². The third-order valence-corrected chi connectivity index (χ3v) is 3.78. The Hall–Kier alpha value is -2.50. The Labute approximate surface area is 152 Å². The van der Waals surface area contributed by atoms with E-state index in [-0.39, 0.29) is 6.04 Å². The summed E-state index contributed by atoms with van der Waals surface area (Å²) in [5, 5.41) is 15.3. The van der Waals surface area contributed by atoms with Gasteiger partial charge >= 0.3 is 5.95 Å². The van der Waals surface area contributed by atoms with Crippen molar-refractivity contribution in [1.82, 2.24) is 5.16 Å². The lowest BCUT2D eigenvalue weighted by atomic mass is 10.0. The highest BCUT2D eigenvalue weighted by Crippen LogP contribution is 2.26. The molecule has 2 aromatic carbocycles. The average molecular weight is 361 g/mol. The second-order valence-electron chi connectivity index (χ2n) is 5.17. The molecule has 3 rings (SSSR count). The number of aliphatic hydroxyl groups excluding tert-OH is 1. The highest BCUT2D eigenvalue weighted by molar-refractivity contribution is 6.30. The van der Waals surface area contributed by atoms with Crippen LogP contribution in [0.4, 0.5) is 5.69 Å². The van der Waals surface area contributed by atoms with Crippen LogP contribution < -0.4 is 10.1 Å². The normalized spacial score (nSPS) is 11.2. The Morgan fingerprint density at radius 2 is 1.80 bits per heavy atom. The fourth-order valence-electron chi connectivity index (χ4n) is 2.36. The third kappa shape index (κ3) is 5.52. The topological polar surface area (TPSA) is 67.5 Å². The summed E-state index contributed by atoms with van der Waals surface area (Å²) in [5.41, 5.74) is 2.97. The Balaban J connectivity index is 0.00000109. The van der Waals surface area contributed by atoms with E-state index in [1.807, 2.05) is 42.5 Å². The second-order valence-corrected chi connectivity index (χ2v) is 5.60. The number of hydrogen-bond donors (Lipinski definition) is 2. The molecule has 0 saturated heterocycles. The van der Waals surface area contributed by atoms with Crippen molar-refractivity contribution in [2.45, 2.75) is 12.5 Å². The first kappa shape index (κ1) is 18.8. The number of aromatic nitrogens is 1. The lowest BCUT2D eigenvalue weighted by molar-refractivity contribution is 0.258. The molecular weight excluding hydrogens is 340 g/mol. The minimum absolute atomic E-state index is 0.0359. The van der Waals surface area contributed by atoms with Gasteiger partial charge in [0.2, 0.25) is 0 Å². The monoisotopic (exact) mass is 360 g/mol. The van der Waals surface area contributed by atoms with Crippen molar-refractivity contribution in [2.75, 3.05) is 19.5 Å². The van der Waals surface area contributed by atoms with Gasteiger partial charge in [-0.1, -0.05) is 47.1 Å². The van der Waals surface area contributed by atoms with E-state index in [1.54, 1.807) is 13.2 Å². The number of rotatable bonds is 6. The van der Waals surface area contributed by atoms with Crippen LogP contribution in [0.5, 0.6) is 5.95 Å². The zero-order valence-corrected chi connectivity index (χ0v) is 14.9. The predicted molar refractivity (Wildman–Crippen MR) is 99.2 cm³/mol. The number of methoxy groups -OCH3 is 1. The SMILES string of the molecule is CO.COc1cc([C@@H](Cc2ccccc2)Nc2ccc(Cl)cc2)no1. The molecule has 1 atom stereocenters. The fourth-order valence-corrected chi connectivity index (χ4v) is 2.48. The van der Waals surface area contributed by atoms with E-state index in [0.717, 1.165) is 24.9 Å². The average Bonchev–Trinajstić information content (AvgIpc) is 3.15. The molecule has 0 aliphatic heterocycles. The molecular formula is C19H21ClN2O3. The molecule has 0 fully saturated rings. The van der Waals surface area contributed by atoms with Crippen molar-refractivity contribution < 1.29 is 14.4 Å². The Morgan fingerprint density at radius 1 is 1.12 bits per heavy atom. The molecule has 132 valence electrons. The lowest BCUT2D eigenvalue weighted by Crippen LogP contribution is -2.14. The van der Waals surface area contributed by atoms with Gasteiger partial charge in [-0.05, 0) is 36.2 Å². The second kappa shape index (κ2) is 9.71. The Bertz CT molecular complexity index is 745. The summed E-state index contributed by atoms with van der Waals surface area (Å²) >= 11 is 5.95. The van der Waals surface area contributed by atoms with Crippen LogP contribution in [0.3, 0.4) is 0 Å². The summed E-state index contributed by atoms with van der Waals surface area (Å²) in [7, 11) is 2.56. The first-order valence-electron chi connectivity index (χ1n) is 7.76. The number of benzene rings is 2. The van der Waals surface area contributed by atoms with Crippen LogP contribution in [0, 0.1) is 0 Å². The van der Waals surface area contributed by atoms with E-state index in [2.05, 4.69) is 22.6 Å². The van der Waals surface area contributed by atoms with Gasteiger partial charge < -0.3 is 19.7 Å². The van der Waals surface area contributed by atoms with E-state index in [1.165, 1.54) is 5.56 Å². The summed E-state index contributed by atoms with van der Waals surface area (Å²) in [6, 6.07) is 19.6. The minimum atomic E-state index is -0.0359. The van der Waals surface area contributed by atoms with E-state index < -0.39 is 0 Å². The molecule has 0 aliphatic carbocycles. The standard InChI is InChI=1S/C18H17ClN2O2.CH4O/c1-22-18-12-17(21-23-18)16(11-13-5-3-2-4-6-13)20-15-9-7-14(19)8-10-15;1-2/h2-10,12,16,20H,11H2,1H3;2H,1H3/t16-;/m1./s1. The molecule has 1 heterocycles. The molecule has 0 unspecified atom stereocenters. The highest BCUT2D eigenvalue weighted by atomic mass is 35.5. The smallest absolute Gasteiger partial charge is 0.311 e. The number of aliphatic hydroxyl groups is 1. The van der Waals surface area contributed by atoms with Crippen LogP contribution in [-0.2, 0) is 6.42 Å². The number of ether oxygens (including phenoxy) is 1. The van der Waals surface area contributed by atoms with Gasteiger partial charge in [0.15, 0.2) is 0 Å². The molecule has 6 heteroatoms. The van der Waals surface area contributed by atoms with E-state index in [9.17, 15) is 0 Å². The van der Waals surface area contributed by atoms with Crippen molar-refractivity contribution in [3.63, 3.8) is 0 Å². The summed E-state index contributed by atoms with van der Waals surface area (Å²) in [6.45, 7) is 0. The zero-order chi connectivity index (χ0) is 18.1. The van der Waals surface area contributed by atoms with Crippen LogP contribution in [-0.4, -0.2) is 24.5 Å². The molecule has 0 amide bonds. The van der Waals surface area contributed by atoms with Crippen molar-refractivity contribution >= 4 is 17.3 Å². The minimum Gasteiger partial charge on any atom is -0.467 e. The number of nitrogens with one attached hydrogen (secondary N) is 1. The third-order valence-electron chi connectivity index (χ3n) is 3.53. The number of halogens is 1. The highest BCUT2D eigenvalue weighted by Gasteiger charge is 2.17. The van der Waals surface area contributed by atoms with Gasteiger partial charge in [-0.15, -0.1) is 0 Å². The van der Waals surface area contributed by atoms with Gasteiger partial charge in [0.1, 0.15) is 5.69 Å². The van der Waals surface area contributed by atoms with Gasteiger partial charge in [0, 0.05) is 23.9 Å². The molecule has 0 spiro atoms. The van der Waals surface area contributed by atoms with Crippen LogP contribution in [0.1, 0.15) is 17.3 Å². The molecule has 3 aromatic rings. The van der Waals surface area contributed by atoms with Crippen molar-refractivity contribution in [1.29, 1.82) is 0 Å². The molecule has 1 aromatic heterocycles. The van der Waals surface area contributed by atoms with Gasteiger partial charge in [-0.2, -0.15) is 0 Å². The van der Waals surface area contributed by atoms with E-state index >= 15 is 0 Å². The number of hydrogen-bond acceptors (Lipinski definition) is 5. The molecule has 25 heavy (non-hydrogen) atoms. The Kier molecular flexibility index (Phi) is 7.32. The van der Waals surface area contributed by atoms with Crippen molar-refractivity contribution in [3.05, 3.63) is 76.9 Å². The summed E-state index contributed by atoms with van der Waals surface area (Å²) in [4.78, 5) is 0. The maximum atomic E-state index is 7.00. The molecule has 0 saturated carbocycles. The first-order valence-corrected chi connectivity index (χ1v) is 8.14. The maximum absolute atomic E-state index is 7.00. The molecule has 0 radical (unpaired) electrons. The number of anilines is 1. The molecule has 0 bridgehead atoms. The van der Waals surface area contributed by atoms with E-state index in [0.29, 0.717) is 11.0 Å². The van der Waals surface area contributed by atoms with Crippen LogP contribution >= 0.6 is 11.6 Å². The van der Waals surface area contributed by atoms with Gasteiger partial charge in [0.25, 0.3) is 0 Å². The Morgan fingerprint density at radius 3 is 2.40 bits per heavy atom. The first-order chi connectivity index (χ1) is 12.2. The van der Waals surface area contributed by atoms with Gasteiger partial charge in [-0.25, -0.2) is 0 Å². The van der Waals surface area contributed by atoms with Crippen molar-refractivity contribution in [2.24, 2.45) is 0 Å². The fraction of sp³-hybridized carbons (Fsp3) is 0.211. The lowest BCUT2D eigenvalue weighted by Gasteiger charge is -2.18. The summed E-state index contributed by atoms with van der Waals surface area (Å²) in [5.74, 6) is 0.399. The summed E-state index contributed by atoms with van der Waals surface area (Å²) in [6.07, 6.45) is 0.777.